The van der Waals surface area contributed by atoms with Crippen molar-refractivity contribution in [3.8, 4) is 5.75 Å². The van der Waals surface area contributed by atoms with Crippen molar-refractivity contribution >= 4 is 17.6 Å². The molecule has 7 nitrogen and oxygen atoms in total. The average Bonchev–Trinajstić information content (AvgIpc) is 2.73. The van der Waals surface area contributed by atoms with Gasteiger partial charge < -0.3 is 20.3 Å². The number of para-hydroxylation sites is 1. The Hall–Kier alpha value is -3.06. The highest BCUT2D eigenvalue weighted by Crippen LogP contribution is 2.12. The van der Waals surface area contributed by atoms with Gasteiger partial charge in [-0.2, -0.15) is 0 Å². The minimum atomic E-state index is -0.0868. The van der Waals surface area contributed by atoms with Gasteiger partial charge in [-0.1, -0.05) is 30.3 Å². The van der Waals surface area contributed by atoms with E-state index in [9.17, 15) is 9.59 Å². The summed E-state index contributed by atoms with van der Waals surface area (Å²) in [4.78, 5) is 28.4. The van der Waals surface area contributed by atoms with E-state index in [1.807, 2.05) is 54.6 Å². The number of piperazine rings is 1. The molecular formula is C21H26N4O3. The summed E-state index contributed by atoms with van der Waals surface area (Å²) in [6, 6.07) is 17.0. The second-order valence-electron chi connectivity index (χ2n) is 6.69. The Morgan fingerprint density at radius 1 is 1.00 bits per heavy atom. The molecule has 0 atom stereocenters. The van der Waals surface area contributed by atoms with Crippen molar-refractivity contribution in [2.45, 2.75) is 6.54 Å². The van der Waals surface area contributed by atoms with Gasteiger partial charge in [-0.05, 0) is 29.8 Å². The lowest BCUT2D eigenvalue weighted by molar-refractivity contribution is -0.117. The van der Waals surface area contributed by atoms with Crippen LogP contribution in [0.5, 0.6) is 5.75 Å². The Bertz CT molecular complexity index is 789. The first-order chi connectivity index (χ1) is 13.6. The SMILES string of the molecule is COc1cccc(CNC(=O)N2CCN(CC(=O)Nc3ccccc3)CC2)c1. The van der Waals surface area contributed by atoms with Gasteiger partial charge in [0.25, 0.3) is 0 Å². The maximum absolute atomic E-state index is 12.4. The number of rotatable bonds is 6. The van der Waals surface area contributed by atoms with Gasteiger partial charge in [0.05, 0.1) is 13.7 Å². The molecule has 0 bridgehead atoms. The van der Waals surface area contributed by atoms with Gasteiger partial charge in [0.2, 0.25) is 5.91 Å². The van der Waals surface area contributed by atoms with Crippen molar-refractivity contribution < 1.29 is 14.3 Å². The number of carbonyl (C=O) groups is 2. The van der Waals surface area contributed by atoms with Crippen LogP contribution in [-0.4, -0.2) is 61.6 Å². The third-order valence-electron chi connectivity index (χ3n) is 4.66. The van der Waals surface area contributed by atoms with Crippen LogP contribution in [0.2, 0.25) is 0 Å². The summed E-state index contributed by atoms with van der Waals surface area (Å²) in [7, 11) is 1.62. The van der Waals surface area contributed by atoms with Crippen LogP contribution in [0.4, 0.5) is 10.5 Å². The standard InChI is InChI=1S/C21H26N4O3/c1-28-19-9-5-6-17(14-19)15-22-21(27)25-12-10-24(11-13-25)16-20(26)23-18-7-3-2-4-8-18/h2-9,14H,10-13,15-16H2,1H3,(H,22,27)(H,23,26). The Morgan fingerprint density at radius 2 is 1.75 bits per heavy atom. The van der Waals surface area contributed by atoms with Crippen molar-refractivity contribution in [2.75, 3.05) is 45.2 Å². The van der Waals surface area contributed by atoms with Gasteiger partial charge in [0.15, 0.2) is 0 Å². The summed E-state index contributed by atoms with van der Waals surface area (Å²) in [6.07, 6.45) is 0. The lowest BCUT2D eigenvalue weighted by Crippen LogP contribution is -2.52. The van der Waals surface area contributed by atoms with E-state index in [0.717, 1.165) is 17.0 Å². The van der Waals surface area contributed by atoms with Gasteiger partial charge in [-0.25, -0.2) is 4.79 Å². The van der Waals surface area contributed by atoms with E-state index in [4.69, 9.17) is 4.74 Å². The number of hydrogen-bond donors (Lipinski definition) is 2. The minimum absolute atomic E-state index is 0.0397. The molecule has 1 fully saturated rings. The molecule has 0 saturated carbocycles. The second kappa shape index (κ2) is 9.75. The molecule has 28 heavy (non-hydrogen) atoms. The Labute approximate surface area is 165 Å². The van der Waals surface area contributed by atoms with Crippen LogP contribution >= 0.6 is 0 Å². The van der Waals surface area contributed by atoms with E-state index in [1.165, 1.54) is 0 Å². The number of benzene rings is 2. The molecule has 1 aliphatic rings. The van der Waals surface area contributed by atoms with Crippen molar-refractivity contribution in [1.29, 1.82) is 0 Å². The topological polar surface area (TPSA) is 73.9 Å². The fourth-order valence-corrected chi connectivity index (χ4v) is 3.11. The molecule has 0 spiro atoms. The predicted molar refractivity (Wildman–Crippen MR) is 108 cm³/mol. The number of anilines is 1. The van der Waals surface area contributed by atoms with E-state index >= 15 is 0 Å². The number of methoxy groups -OCH3 is 1. The third-order valence-corrected chi connectivity index (χ3v) is 4.66. The third kappa shape index (κ3) is 5.72. The van der Waals surface area contributed by atoms with Gasteiger partial charge in [0, 0.05) is 38.4 Å². The highest BCUT2D eigenvalue weighted by atomic mass is 16.5. The van der Waals surface area contributed by atoms with Gasteiger partial charge in [0.1, 0.15) is 5.75 Å². The van der Waals surface area contributed by atoms with Crippen molar-refractivity contribution in [2.24, 2.45) is 0 Å². The number of ether oxygens (including phenoxy) is 1. The van der Waals surface area contributed by atoms with E-state index in [-0.39, 0.29) is 11.9 Å². The summed E-state index contributed by atoms with van der Waals surface area (Å²) in [5, 5.41) is 5.83. The molecular weight excluding hydrogens is 356 g/mol. The molecule has 1 heterocycles. The first-order valence-electron chi connectivity index (χ1n) is 9.37. The molecule has 1 saturated heterocycles. The molecule has 2 aromatic rings. The Kier molecular flexibility index (Phi) is 6.86. The summed E-state index contributed by atoms with van der Waals surface area (Å²) in [5.74, 6) is 0.733. The highest BCUT2D eigenvalue weighted by Gasteiger charge is 2.22. The molecule has 2 aromatic carbocycles. The minimum Gasteiger partial charge on any atom is -0.497 e. The number of hydrogen-bond acceptors (Lipinski definition) is 4. The first-order valence-corrected chi connectivity index (χ1v) is 9.37. The van der Waals surface area contributed by atoms with Crippen LogP contribution in [-0.2, 0) is 11.3 Å². The van der Waals surface area contributed by atoms with Gasteiger partial charge in [-0.15, -0.1) is 0 Å². The van der Waals surface area contributed by atoms with Crippen LogP contribution < -0.4 is 15.4 Å². The zero-order valence-electron chi connectivity index (χ0n) is 16.1. The van der Waals surface area contributed by atoms with Crippen molar-refractivity contribution in [3.63, 3.8) is 0 Å². The molecule has 148 valence electrons. The van der Waals surface area contributed by atoms with Crippen molar-refractivity contribution in [1.82, 2.24) is 15.1 Å². The maximum atomic E-state index is 12.4. The number of carbonyl (C=O) groups excluding carboxylic acids is 2. The lowest BCUT2D eigenvalue weighted by atomic mass is 10.2. The number of urea groups is 1. The van der Waals surface area contributed by atoms with Crippen LogP contribution in [0.1, 0.15) is 5.56 Å². The molecule has 0 aromatic heterocycles. The predicted octanol–water partition coefficient (Wildman–Crippen LogP) is 2.16. The molecule has 2 N–H and O–H groups in total. The molecule has 0 radical (unpaired) electrons. The van der Waals surface area contributed by atoms with E-state index in [1.54, 1.807) is 12.0 Å². The quantitative estimate of drug-likeness (QED) is 0.803. The molecule has 3 amide bonds. The summed E-state index contributed by atoms with van der Waals surface area (Å²) >= 11 is 0. The Morgan fingerprint density at radius 3 is 2.46 bits per heavy atom. The largest absolute Gasteiger partial charge is 0.497 e. The fraction of sp³-hybridized carbons (Fsp3) is 0.333. The normalized spacial score (nSPS) is 14.4. The second-order valence-corrected chi connectivity index (χ2v) is 6.69. The van der Waals surface area contributed by atoms with Crippen LogP contribution in [0.15, 0.2) is 54.6 Å². The van der Waals surface area contributed by atoms with Crippen molar-refractivity contribution in [3.05, 3.63) is 60.2 Å². The summed E-state index contributed by atoms with van der Waals surface area (Å²) in [5.41, 5.74) is 1.78. The van der Waals surface area contributed by atoms with E-state index in [0.29, 0.717) is 39.3 Å². The molecule has 3 rings (SSSR count). The number of nitrogens with zero attached hydrogens (tertiary/aromatic N) is 2. The average molecular weight is 382 g/mol. The van der Waals surface area contributed by atoms with Gasteiger partial charge in [-0.3, -0.25) is 9.69 Å². The zero-order valence-corrected chi connectivity index (χ0v) is 16.1. The first kappa shape index (κ1) is 19.7. The van der Waals surface area contributed by atoms with E-state index in [2.05, 4.69) is 15.5 Å². The highest BCUT2D eigenvalue weighted by molar-refractivity contribution is 5.92. The number of nitrogens with one attached hydrogen (secondary N) is 2. The smallest absolute Gasteiger partial charge is 0.317 e. The van der Waals surface area contributed by atoms with E-state index < -0.39 is 0 Å². The molecule has 1 aliphatic heterocycles. The van der Waals surface area contributed by atoms with Crippen LogP contribution in [0, 0.1) is 0 Å². The fourth-order valence-electron chi connectivity index (χ4n) is 3.11. The maximum Gasteiger partial charge on any atom is 0.317 e. The zero-order chi connectivity index (χ0) is 19.8. The lowest BCUT2D eigenvalue weighted by Gasteiger charge is -2.34. The van der Waals surface area contributed by atoms with Crippen LogP contribution in [0.25, 0.3) is 0 Å². The summed E-state index contributed by atoms with van der Waals surface area (Å²) in [6.45, 7) is 3.33. The number of amides is 3. The molecule has 0 unspecified atom stereocenters. The van der Waals surface area contributed by atoms with Crippen LogP contribution in [0.3, 0.4) is 0 Å². The molecule has 0 aliphatic carbocycles. The summed E-state index contributed by atoms with van der Waals surface area (Å²) < 4.78 is 5.20. The monoisotopic (exact) mass is 382 g/mol. The molecule has 7 heteroatoms. The van der Waals surface area contributed by atoms with Gasteiger partial charge >= 0.3 is 6.03 Å². The Balaban J connectivity index is 1.39.